The number of carbonyl (C=O) groups excluding carboxylic acids is 3. The highest BCUT2D eigenvalue weighted by Gasteiger charge is 2.19. The number of ether oxygens (including phenoxy) is 3. The fourth-order valence-electron chi connectivity index (χ4n) is 10.8. The molecule has 0 rings (SSSR count). The zero-order valence-electron chi connectivity index (χ0n) is 55.5. The first kappa shape index (κ1) is 79.8. The summed E-state index contributed by atoms with van der Waals surface area (Å²) in [5, 5.41) is 0. The number of carbonyl (C=O) groups is 3. The summed E-state index contributed by atoms with van der Waals surface area (Å²) in [7, 11) is 0. The summed E-state index contributed by atoms with van der Waals surface area (Å²) in [5.74, 6) is -0.883. The van der Waals surface area contributed by atoms with Gasteiger partial charge < -0.3 is 14.2 Å². The summed E-state index contributed by atoms with van der Waals surface area (Å²) in [4.78, 5) is 38.4. The maximum Gasteiger partial charge on any atom is 0.306 e. The van der Waals surface area contributed by atoms with E-state index in [9.17, 15) is 14.4 Å². The predicted octanol–water partition coefficient (Wildman–Crippen LogP) is 25.2. The van der Waals surface area contributed by atoms with Crippen molar-refractivity contribution in [2.24, 2.45) is 0 Å². The van der Waals surface area contributed by atoms with E-state index in [1.165, 1.54) is 225 Å². The monoisotopic (exact) mass is 1160 g/mol. The van der Waals surface area contributed by atoms with Crippen LogP contribution in [0.3, 0.4) is 0 Å². The lowest BCUT2D eigenvalue weighted by atomic mass is 10.0. The van der Waals surface area contributed by atoms with Crippen molar-refractivity contribution in [2.45, 2.75) is 386 Å². The highest BCUT2D eigenvalue weighted by molar-refractivity contribution is 5.71. The van der Waals surface area contributed by atoms with E-state index in [2.05, 4.69) is 93.7 Å². The topological polar surface area (TPSA) is 78.9 Å². The van der Waals surface area contributed by atoms with Crippen molar-refractivity contribution >= 4 is 17.9 Å². The quantitative estimate of drug-likeness (QED) is 0.0261. The first-order valence-electron chi connectivity index (χ1n) is 36.4. The zero-order valence-corrected chi connectivity index (χ0v) is 55.5. The third kappa shape index (κ3) is 69.5. The molecule has 0 aromatic rings. The van der Waals surface area contributed by atoms with Gasteiger partial charge in [0.25, 0.3) is 0 Å². The van der Waals surface area contributed by atoms with Gasteiger partial charge in [0, 0.05) is 19.3 Å². The molecule has 0 saturated heterocycles. The molecule has 0 amide bonds. The largest absolute Gasteiger partial charge is 0.462 e. The molecule has 0 bridgehead atoms. The Bertz CT molecular complexity index is 1520. The van der Waals surface area contributed by atoms with Crippen LogP contribution < -0.4 is 0 Å². The molecule has 0 N–H and O–H groups in total. The molecule has 0 spiro atoms. The number of hydrogen-bond donors (Lipinski definition) is 0. The first-order chi connectivity index (χ1) is 41.0. The Morgan fingerprint density at radius 2 is 0.494 bits per heavy atom. The summed E-state index contributed by atoms with van der Waals surface area (Å²) in [6.45, 7) is 6.50. The average Bonchev–Trinajstić information content (AvgIpc) is 3.49. The lowest BCUT2D eigenvalue weighted by molar-refractivity contribution is -0.167. The van der Waals surface area contributed by atoms with Crippen molar-refractivity contribution in [3.05, 3.63) is 72.9 Å². The molecule has 1 atom stereocenters. The van der Waals surface area contributed by atoms with Crippen LogP contribution in [0.5, 0.6) is 0 Å². The van der Waals surface area contributed by atoms with E-state index in [1.54, 1.807) is 0 Å². The van der Waals surface area contributed by atoms with Gasteiger partial charge in [0.05, 0.1) is 0 Å². The van der Waals surface area contributed by atoms with Crippen LogP contribution >= 0.6 is 0 Å². The Balaban J connectivity index is 4.18. The maximum absolute atomic E-state index is 12.9. The van der Waals surface area contributed by atoms with Crippen LogP contribution in [0.4, 0.5) is 0 Å². The maximum atomic E-state index is 12.9. The number of hydrogen-bond acceptors (Lipinski definition) is 6. The molecular formula is C77H138O6. The van der Waals surface area contributed by atoms with Gasteiger partial charge in [0.1, 0.15) is 13.2 Å². The van der Waals surface area contributed by atoms with E-state index >= 15 is 0 Å². The summed E-state index contributed by atoms with van der Waals surface area (Å²) >= 11 is 0. The van der Waals surface area contributed by atoms with Gasteiger partial charge in [0.2, 0.25) is 0 Å². The molecule has 0 saturated carbocycles. The molecular weight excluding hydrogens is 1020 g/mol. The molecule has 0 aromatic heterocycles. The minimum absolute atomic E-state index is 0.0801. The number of rotatable bonds is 67. The second kappa shape index (κ2) is 71.3. The molecule has 0 aliphatic carbocycles. The molecule has 6 heteroatoms. The number of esters is 3. The molecule has 1 unspecified atom stereocenters. The lowest BCUT2D eigenvalue weighted by Gasteiger charge is -2.18. The smallest absolute Gasteiger partial charge is 0.306 e. The Morgan fingerprint density at radius 1 is 0.253 bits per heavy atom. The van der Waals surface area contributed by atoms with Gasteiger partial charge in [-0.2, -0.15) is 0 Å². The minimum Gasteiger partial charge on any atom is -0.462 e. The first-order valence-corrected chi connectivity index (χ1v) is 36.4. The van der Waals surface area contributed by atoms with Crippen LogP contribution in [0.25, 0.3) is 0 Å². The van der Waals surface area contributed by atoms with E-state index in [4.69, 9.17) is 14.2 Å². The van der Waals surface area contributed by atoms with E-state index < -0.39 is 6.10 Å². The van der Waals surface area contributed by atoms with Crippen molar-refractivity contribution in [2.75, 3.05) is 13.2 Å². The van der Waals surface area contributed by atoms with Crippen LogP contribution in [-0.4, -0.2) is 37.2 Å². The Labute approximate surface area is 516 Å². The van der Waals surface area contributed by atoms with E-state index in [0.29, 0.717) is 19.3 Å². The zero-order chi connectivity index (χ0) is 59.9. The summed E-state index contributed by atoms with van der Waals surface area (Å²) in [5.41, 5.74) is 0. The molecule has 0 aromatic carbocycles. The molecule has 6 nitrogen and oxygen atoms in total. The fraction of sp³-hybridized carbons (Fsp3) is 0.805. The Morgan fingerprint density at radius 3 is 0.783 bits per heavy atom. The number of allylic oxidation sites excluding steroid dienone is 12. The third-order valence-corrected chi connectivity index (χ3v) is 16.2. The molecule has 0 radical (unpaired) electrons. The van der Waals surface area contributed by atoms with E-state index in [0.717, 1.165) is 116 Å². The van der Waals surface area contributed by atoms with Crippen molar-refractivity contribution in [3.63, 3.8) is 0 Å². The SMILES string of the molecule is CC/C=C\C/C=C\C/C=C\C/C=C\CCCCCCCCCCC(=O)OC(COC(=O)CCCCCCC/C=C\C/C=C\CCC)COC(=O)CCCCCCCCCCCCCCCCCCCCCCCCCCCCCCCCC. The van der Waals surface area contributed by atoms with Gasteiger partial charge in [-0.15, -0.1) is 0 Å². The molecule has 0 heterocycles. The molecule has 0 aliphatic heterocycles. The number of unbranched alkanes of at least 4 members (excludes halogenated alkanes) is 44. The standard InChI is InChI=1S/C77H138O6/c1-4-7-10-13-16-19-22-25-27-29-31-33-34-35-36-37-38-39-40-41-42-44-45-47-49-52-55-58-61-64-67-70-76(79)82-73-74(72-81-75(78)69-66-63-60-57-54-51-24-21-18-15-12-9-6-3)83-77(80)71-68-65-62-59-56-53-50-48-46-43-32-30-28-26-23-20-17-14-11-8-5-2/h8,11-12,15,17,20-21,24,26,28,32,43,74H,4-7,9-10,13-14,16,18-19,22-23,25,27,29-31,33-42,44-73H2,1-3H3/b11-8-,15-12-,20-17-,24-21-,28-26-,43-32-. The fourth-order valence-corrected chi connectivity index (χ4v) is 10.8. The lowest BCUT2D eigenvalue weighted by Crippen LogP contribution is -2.30. The second-order valence-corrected chi connectivity index (χ2v) is 24.5. The molecule has 0 aliphatic rings. The van der Waals surface area contributed by atoms with Crippen LogP contribution in [0.2, 0.25) is 0 Å². The summed E-state index contributed by atoms with van der Waals surface area (Å²) < 4.78 is 17.0. The van der Waals surface area contributed by atoms with Crippen LogP contribution in [0.1, 0.15) is 380 Å². The predicted molar refractivity (Wildman–Crippen MR) is 362 cm³/mol. The van der Waals surface area contributed by atoms with Crippen LogP contribution in [-0.2, 0) is 28.6 Å². The van der Waals surface area contributed by atoms with Gasteiger partial charge in [-0.3, -0.25) is 14.4 Å². The van der Waals surface area contributed by atoms with Gasteiger partial charge >= 0.3 is 17.9 Å². The molecule has 482 valence electrons. The van der Waals surface area contributed by atoms with Crippen molar-refractivity contribution in [1.29, 1.82) is 0 Å². The van der Waals surface area contributed by atoms with Gasteiger partial charge in [-0.05, 0) is 83.5 Å². The van der Waals surface area contributed by atoms with Crippen LogP contribution in [0, 0.1) is 0 Å². The van der Waals surface area contributed by atoms with E-state index in [1.807, 2.05) is 0 Å². The van der Waals surface area contributed by atoms with Gasteiger partial charge in [-0.25, -0.2) is 0 Å². The van der Waals surface area contributed by atoms with Crippen molar-refractivity contribution in [3.8, 4) is 0 Å². The van der Waals surface area contributed by atoms with Crippen LogP contribution in [0.15, 0.2) is 72.9 Å². The summed E-state index contributed by atoms with van der Waals surface area (Å²) in [6.07, 6.45) is 93.8. The van der Waals surface area contributed by atoms with Crippen molar-refractivity contribution in [1.82, 2.24) is 0 Å². The van der Waals surface area contributed by atoms with Gasteiger partial charge in [-0.1, -0.05) is 351 Å². The van der Waals surface area contributed by atoms with E-state index in [-0.39, 0.29) is 31.1 Å². The normalized spacial score (nSPS) is 12.5. The Hall–Kier alpha value is -3.15. The van der Waals surface area contributed by atoms with Gasteiger partial charge in [0.15, 0.2) is 6.10 Å². The molecule has 0 fully saturated rings. The molecule has 83 heavy (non-hydrogen) atoms. The highest BCUT2D eigenvalue weighted by Crippen LogP contribution is 2.19. The third-order valence-electron chi connectivity index (χ3n) is 16.2. The van der Waals surface area contributed by atoms with Crippen molar-refractivity contribution < 1.29 is 28.6 Å². The second-order valence-electron chi connectivity index (χ2n) is 24.5. The highest BCUT2D eigenvalue weighted by atomic mass is 16.6. The summed E-state index contributed by atoms with van der Waals surface area (Å²) in [6, 6.07) is 0. The average molecular weight is 1160 g/mol. The minimum atomic E-state index is -0.786. The Kier molecular flexibility index (Phi) is 68.6.